The second-order valence-electron chi connectivity index (χ2n) is 5.29. The largest absolute Gasteiger partial charge is 0.302 e. The Bertz CT molecular complexity index is 789. The van der Waals surface area contributed by atoms with Crippen molar-refractivity contribution >= 4 is 34.2 Å². The van der Waals surface area contributed by atoms with E-state index in [0.717, 1.165) is 4.90 Å². The molecule has 24 heavy (non-hydrogen) atoms. The predicted octanol–water partition coefficient (Wildman–Crippen LogP) is 2.43. The highest BCUT2D eigenvalue weighted by Gasteiger charge is 2.28. The lowest BCUT2D eigenvalue weighted by Crippen LogP contribution is -2.32. The van der Waals surface area contributed by atoms with Crippen LogP contribution in [0.15, 0.2) is 29.6 Å². The minimum Gasteiger partial charge on any atom is -0.302 e. The van der Waals surface area contributed by atoms with Gasteiger partial charge >= 0.3 is 0 Å². The molecule has 1 aromatic heterocycles. The molecule has 0 bridgehead atoms. The maximum atomic E-state index is 13.2. The number of nitrogens with zero attached hydrogens (tertiary/aromatic N) is 2. The number of thiazole rings is 1. The van der Waals surface area contributed by atoms with Crippen molar-refractivity contribution < 1.29 is 18.8 Å². The fourth-order valence-corrected chi connectivity index (χ4v) is 3.11. The number of aromatic nitrogens is 1. The van der Waals surface area contributed by atoms with Gasteiger partial charge in [-0.25, -0.2) is 9.37 Å². The van der Waals surface area contributed by atoms with Crippen LogP contribution in [0.1, 0.15) is 19.3 Å². The molecular weight excluding hydrogens is 333 g/mol. The third kappa shape index (κ3) is 3.65. The van der Waals surface area contributed by atoms with Gasteiger partial charge in [-0.05, 0) is 12.1 Å². The van der Waals surface area contributed by atoms with E-state index < -0.39 is 0 Å². The SMILES string of the molecule is O=C(CCN1C(=O)CCC1=O)Nc1nc(-c2cccc(F)c2)cs1. The standard InChI is InChI=1S/C16H14FN3O3S/c17-11-3-1-2-10(8-11)12-9-24-16(18-12)19-13(21)6-7-20-14(22)4-5-15(20)23/h1-3,8-9H,4-7H2,(H,18,19,21). The molecule has 2 aromatic rings. The van der Waals surface area contributed by atoms with Crippen LogP contribution in [0.2, 0.25) is 0 Å². The number of amides is 3. The number of halogens is 1. The number of imide groups is 1. The Balaban J connectivity index is 1.57. The lowest BCUT2D eigenvalue weighted by Gasteiger charge is -2.12. The summed E-state index contributed by atoms with van der Waals surface area (Å²) in [6.07, 6.45) is 0.445. The summed E-state index contributed by atoms with van der Waals surface area (Å²) in [5.41, 5.74) is 1.19. The number of nitrogens with one attached hydrogen (secondary N) is 1. The van der Waals surface area contributed by atoms with E-state index in [1.54, 1.807) is 17.5 Å². The van der Waals surface area contributed by atoms with E-state index in [0.29, 0.717) is 16.4 Å². The van der Waals surface area contributed by atoms with Crippen molar-refractivity contribution in [2.45, 2.75) is 19.3 Å². The van der Waals surface area contributed by atoms with Gasteiger partial charge in [0.15, 0.2) is 5.13 Å². The van der Waals surface area contributed by atoms with Crippen molar-refractivity contribution in [3.05, 3.63) is 35.5 Å². The van der Waals surface area contributed by atoms with Gasteiger partial charge in [-0.15, -0.1) is 11.3 Å². The highest BCUT2D eigenvalue weighted by Crippen LogP contribution is 2.25. The monoisotopic (exact) mass is 347 g/mol. The molecule has 0 atom stereocenters. The smallest absolute Gasteiger partial charge is 0.229 e. The fourth-order valence-electron chi connectivity index (χ4n) is 2.38. The molecule has 0 radical (unpaired) electrons. The Kier molecular flexibility index (Phi) is 4.66. The number of anilines is 1. The summed E-state index contributed by atoms with van der Waals surface area (Å²) in [5.74, 6) is -1.17. The minimum atomic E-state index is -0.356. The lowest BCUT2D eigenvalue weighted by molar-refractivity contribution is -0.138. The molecule has 6 nitrogen and oxygen atoms in total. The van der Waals surface area contributed by atoms with Gasteiger partial charge in [0, 0.05) is 36.8 Å². The lowest BCUT2D eigenvalue weighted by atomic mass is 10.2. The maximum Gasteiger partial charge on any atom is 0.229 e. The van der Waals surface area contributed by atoms with Crippen LogP contribution in [0.25, 0.3) is 11.3 Å². The maximum absolute atomic E-state index is 13.2. The van der Waals surface area contributed by atoms with E-state index in [2.05, 4.69) is 10.3 Å². The molecule has 0 aliphatic carbocycles. The molecule has 1 aliphatic heterocycles. The molecule has 0 saturated carbocycles. The van der Waals surface area contributed by atoms with Gasteiger partial charge in [0.1, 0.15) is 5.82 Å². The molecule has 3 amide bonds. The van der Waals surface area contributed by atoms with Crippen molar-refractivity contribution in [1.29, 1.82) is 0 Å². The van der Waals surface area contributed by atoms with E-state index in [9.17, 15) is 18.8 Å². The van der Waals surface area contributed by atoms with E-state index in [1.165, 1.54) is 23.5 Å². The summed E-state index contributed by atoms with van der Waals surface area (Å²) in [6, 6.07) is 6.03. The molecule has 0 unspecified atom stereocenters. The molecule has 1 aliphatic rings. The first kappa shape index (κ1) is 16.3. The Morgan fingerprint density at radius 1 is 1.29 bits per heavy atom. The topological polar surface area (TPSA) is 79.4 Å². The normalized spacial score (nSPS) is 14.3. The zero-order valence-electron chi connectivity index (χ0n) is 12.6. The number of likely N-dealkylation sites (tertiary alicyclic amines) is 1. The zero-order chi connectivity index (χ0) is 17.1. The molecule has 0 spiro atoms. The average Bonchev–Trinajstić information content (AvgIpc) is 3.13. The Morgan fingerprint density at radius 2 is 2.04 bits per heavy atom. The summed E-state index contributed by atoms with van der Waals surface area (Å²) in [4.78, 5) is 40.2. The van der Waals surface area contributed by atoms with Crippen LogP contribution in [-0.2, 0) is 14.4 Å². The number of hydrogen-bond donors (Lipinski definition) is 1. The fraction of sp³-hybridized carbons (Fsp3) is 0.250. The van der Waals surface area contributed by atoms with Crippen LogP contribution >= 0.6 is 11.3 Å². The molecule has 1 N–H and O–H groups in total. The van der Waals surface area contributed by atoms with Gasteiger partial charge in [-0.1, -0.05) is 12.1 Å². The van der Waals surface area contributed by atoms with Gasteiger partial charge in [0.05, 0.1) is 5.69 Å². The van der Waals surface area contributed by atoms with Crippen molar-refractivity contribution in [3.8, 4) is 11.3 Å². The summed E-state index contributed by atoms with van der Waals surface area (Å²) in [7, 11) is 0. The number of carbonyl (C=O) groups excluding carboxylic acids is 3. The molecule has 1 saturated heterocycles. The highest BCUT2D eigenvalue weighted by atomic mass is 32.1. The summed E-state index contributed by atoms with van der Waals surface area (Å²) < 4.78 is 13.2. The van der Waals surface area contributed by atoms with Gasteiger partial charge in [-0.2, -0.15) is 0 Å². The van der Waals surface area contributed by atoms with E-state index >= 15 is 0 Å². The first-order chi connectivity index (χ1) is 11.5. The highest BCUT2D eigenvalue weighted by molar-refractivity contribution is 7.14. The van der Waals surface area contributed by atoms with E-state index in [4.69, 9.17) is 0 Å². The van der Waals surface area contributed by atoms with Crippen LogP contribution < -0.4 is 5.32 Å². The first-order valence-corrected chi connectivity index (χ1v) is 8.25. The first-order valence-electron chi connectivity index (χ1n) is 7.37. The number of hydrogen-bond acceptors (Lipinski definition) is 5. The van der Waals surface area contributed by atoms with Gasteiger partial charge in [0.25, 0.3) is 0 Å². The van der Waals surface area contributed by atoms with Crippen molar-refractivity contribution in [2.75, 3.05) is 11.9 Å². The average molecular weight is 347 g/mol. The summed E-state index contributed by atoms with van der Waals surface area (Å²) >= 11 is 1.22. The minimum absolute atomic E-state index is 0.0202. The van der Waals surface area contributed by atoms with Crippen LogP contribution in [0, 0.1) is 5.82 Å². The number of carbonyl (C=O) groups is 3. The molecule has 1 fully saturated rings. The molecule has 2 heterocycles. The second kappa shape index (κ2) is 6.88. The predicted molar refractivity (Wildman–Crippen MR) is 86.7 cm³/mol. The molecule has 1 aromatic carbocycles. The van der Waals surface area contributed by atoms with E-state index in [-0.39, 0.29) is 49.3 Å². The van der Waals surface area contributed by atoms with E-state index in [1.807, 2.05) is 0 Å². The van der Waals surface area contributed by atoms with Crippen molar-refractivity contribution in [1.82, 2.24) is 9.88 Å². The molecular formula is C16H14FN3O3S. The Hall–Kier alpha value is -2.61. The summed E-state index contributed by atoms with van der Waals surface area (Å²) in [5, 5.41) is 4.73. The molecule has 3 rings (SSSR count). The Labute approximate surface area is 141 Å². The van der Waals surface area contributed by atoms with Gasteiger partial charge < -0.3 is 5.32 Å². The quantitative estimate of drug-likeness (QED) is 0.843. The zero-order valence-corrected chi connectivity index (χ0v) is 13.4. The number of rotatable bonds is 5. The van der Waals surface area contributed by atoms with Crippen LogP contribution in [0.3, 0.4) is 0 Å². The third-order valence-electron chi connectivity index (χ3n) is 3.59. The van der Waals surface area contributed by atoms with Gasteiger partial charge in [-0.3, -0.25) is 19.3 Å². The number of benzene rings is 1. The second-order valence-corrected chi connectivity index (χ2v) is 6.14. The molecule has 124 valence electrons. The summed E-state index contributed by atoms with van der Waals surface area (Å²) in [6.45, 7) is 0.0750. The third-order valence-corrected chi connectivity index (χ3v) is 4.35. The Morgan fingerprint density at radius 3 is 2.75 bits per heavy atom. The molecule has 8 heteroatoms. The van der Waals surface area contributed by atoms with Crippen LogP contribution in [-0.4, -0.2) is 34.2 Å². The van der Waals surface area contributed by atoms with Gasteiger partial charge in [0.2, 0.25) is 17.7 Å². The van der Waals surface area contributed by atoms with Crippen molar-refractivity contribution in [3.63, 3.8) is 0 Å². The van der Waals surface area contributed by atoms with Crippen LogP contribution in [0.4, 0.5) is 9.52 Å². The van der Waals surface area contributed by atoms with Crippen LogP contribution in [0.5, 0.6) is 0 Å². The van der Waals surface area contributed by atoms with Crippen molar-refractivity contribution in [2.24, 2.45) is 0 Å².